The summed E-state index contributed by atoms with van der Waals surface area (Å²) in [5, 5.41) is 23.6. The van der Waals surface area contributed by atoms with E-state index >= 15 is 0 Å². The first-order valence-electron chi connectivity index (χ1n) is 27.0. The van der Waals surface area contributed by atoms with E-state index in [1.807, 2.05) is 85.8 Å². The van der Waals surface area contributed by atoms with Crippen LogP contribution in [-0.2, 0) is 35.5 Å². The van der Waals surface area contributed by atoms with Gasteiger partial charge in [0.05, 0.1) is 11.4 Å². The Bertz CT molecular complexity index is 3560. The smallest absolute Gasteiger partial charge is 0.118 e. The first kappa shape index (κ1) is 49.9. The predicted molar refractivity (Wildman–Crippen MR) is 318 cm³/mol. The van der Waals surface area contributed by atoms with Crippen LogP contribution in [0.4, 0.5) is 0 Å². The molecule has 81 heavy (non-hydrogen) atoms. The van der Waals surface area contributed by atoms with Crippen LogP contribution in [0.5, 0.6) is 0 Å². The van der Waals surface area contributed by atoms with Gasteiger partial charge in [-0.05, 0) is 106 Å². The summed E-state index contributed by atoms with van der Waals surface area (Å²) in [6, 6.07) is 58.3. The Morgan fingerprint density at radius 3 is 1.06 bits per heavy atom. The molecule has 9 heterocycles. The molecule has 390 valence electrons. The molecule has 12 nitrogen and oxygen atoms in total. The number of nitrogens with one attached hydrogen (secondary N) is 3. The summed E-state index contributed by atoms with van der Waals surface area (Å²) in [6.45, 7) is 0. The van der Waals surface area contributed by atoms with Gasteiger partial charge in [-0.1, -0.05) is 134 Å². The van der Waals surface area contributed by atoms with Crippen LogP contribution in [0.25, 0.3) is 52.1 Å². The first-order valence-corrected chi connectivity index (χ1v) is 27.0. The Morgan fingerprint density at radius 1 is 0.296 bits per heavy atom. The summed E-state index contributed by atoms with van der Waals surface area (Å²) < 4.78 is 0. The minimum absolute atomic E-state index is 0.237. The van der Waals surface area contributed by atoms with Crippen molar-refractivity contribution in [2.75, 3.05) is 0 Å². The lowest BCUT2D eigenvalue weighted by molar-refractivity contribution is 0.619. The number of H-pyrrole nitrogens is 3. The molecule has 3 aliphatic carbocycles. The van der Waals surface area contributed by atoms with Crippen LogP contribution in [0.1, 0.15) is 67.2 Å². The van der Waals surface area contributed by atoms with E-state index in [2.05, 4.69) is 224 Å². The molecule has 0 spiro atoms. The van der Waals surface area contributed by atoms with Gasteiger partial charge >= 0.3 is 0 Å². The molecular formula is C69H54N12. The van der Waals surface area contributed by atoms with Gasteiger partial charge in [0.1, 0.15) is 11.4 Å². The largest absolute Gasteiger partial charge is 0.281 e. The van der Waals surface area contributed by atoms with E-state index in [-0.39, 0.29) is 16.2 Å². The summed E-state index contributed by atoms with van der Waals surface area (Å²) in [6.07, 6.45) is 36.1. The van der Waals surface area contributed by atoms with E-state index < -0.39 is 0 Å². The number of benzene rings is 3. The quantitative estimate of drug-likeness (QED) is 0.128. The lowest BCUT2D eigenvalue weighted by atomic mass is 9.68. The van der Waals surface area contributed by atoms with Gasteiger partial charge in [0.15, 0.2) is 0 Å². The maximum Gasteiger partial charge on any atom is 0.118 e. The minimum Gasteiger partial charge on any atom is -0.281 e. The number of hydrogen-bond acceptors (Lipinski definition) is 9. The molecule has 3 atom stereocenters. The van der Waals surface area contributed by atoms with Crippen LogP contribution < -0.4 is 0 Å². The molecule has 0 bridgehead atoms. The number of aromatic amines is 3. The van der Waals surface area contributed by atoms with Gasteiger partial charge in [0, 0.05) is 149 Å². The Balaban J connectivity index is 0.000000114. The highest BCUT2D eigenvalue weighted by atomic mass is 15.1. The van der Waals surface area contributed by atoms with E-state index in [1.54, 1.807) is 24.8 Å². The average Bonchev–Trinajstić information content (AvgIpc) is 4.36. The number of hydrogen-bond donors (Lipinski definition) is 3. The number of allylic oxidation sites excluding steroid dienone is 3. The molecule has 3 aliphatic rings. The zero-order chi connectivity index (χ0) is 54.3. The average molecular weight is 1050 g/mol. The molecule has 3 unspecified atom stereocenters. The first-order chi connectivity index (χ1) is 40.1. The summed E-state index contributed by atoms with van der Waals surface area (Å²) in [4.78, 5) is 25.4. The molecule has 0 saturated carbocycles. The maximum atomic E-state index is 4.60. The Morgan fingerprint density at radius 2 is 0.667 bits per heavy atom. The molecule has 3 aromatic carbocycles. The summed E-state index contributed by atoms with van der Waals surface area (Å²) >= 11 is 0. The van der Waals surface area contributed by atoms with Crippen molar-refractivity contribution in [2.24, 2.45) is 0 Å². The molecule has 0 aliphatic heterocycles. The summed E-state index contributed by atoms with van der Waals surface area (Å²) in [7, 11) is 0. The second kappa shape index (κ2) is 22.0. The van der Waals surface area contributed by atoms with Crippen LogP contribution in [0.2, 0.25) is 0 Å². The third-order valence-electron chi connectivity index (χ3n) is 15.9. The van der Waals surface area contributed by atoms with E-state index in [0.29, 0.717) is 0 Å². The molecule has 12 aromatic rings. The van der Waals surface area contributed by atoms with Crippen molar-refractivity contribution >= 4 is 18.2 Å². The molecule has 12 heteroatoms. The van der Waals surface area contributed by atoms with Crippen molar-refractivity contribution in [1.82, 2.24) is 60.5 Å². The normalized spacial score (nSPS) is 18.2. The highest BCUT2D eigenvalue weighted by Crippen LogP contribution is 2.46. The van der Waals surface area contributed by atoms with Gasteiger partial charge < -0.3 is 0 Å². The van der Waals surface area contributed by atoms with Crippen LogP contribution in [0.15, 0.2) is 256 Å². The Labute approximate surface area is 469 Å². The van der Waals surface area contributed by atoms with E-state index in [9.17, 15) is 0 Å². The molecule has 3 N–H and O–H groups in total. The number of fused-ring (bicyclic) bond motifs is 3. The van der Waals surface area contributed by atoms with Gasteiger partial charge in [0.2, 0.25) is 0 Å². The third-order valence-corrected chi connectivity index (χ3v) is 15.9. The monoisotopic (exact) mass is 1050 g/mol. The fourth-order valence-corrected chi connectivity index (χ4v) is 11.8. The van der Waals surface area contributed by atoms with Crippen LogP contribution in [0.3, 0.4) is 0 Å². The van der Waals surface area contributed by atoms with E-state index in [4.69, 9.17) is 0 Å². The Kier molecular flexibility index (Phi) is 13.6. The van der Waals surface area contributed by atoms with Crippen LogP contribution in [-0.4, -0.2) is 60.5 Å². The van der Waals surface area contributed by atoms with Crippen molar-refractivity contribution in [3.63, 3.8) is 0 Å². The topological polar surface area (TPSA) is 163 Å². The number of rotatable bonds is 9. The fourth-order valence-electron chi connectivity index (χ4n) is 11.8. The van der Waals surface area contributed by atoms with Gasteiger partial charge in [-0.2, -0.15) is 15.3 Å². The number of aromatic nitrogens is 12. The highest BCUT2D eigenvalue weighted by Gasteiger charge is 2.39. The number of pyridine rings is 6. The number of nitrogens with zero attached hydrogens (tertiary/aromatic N) is 9. The molecule has 9 aromatic heterocycles. The standard InChI is InChI=1S/3C23H18N4/c1-2-6-18(7-3-1)23(19-9-13-24-14-10-19)11-8-20-21(15-23)26-27-22(20)17-5-4-12-25-16-17;1-2-6-17(7-3-1)23(18-10-14-24-15-11-18)12-9-19-21(16-23)26-27-22(19)20-8-4-5-13-25-20;1-2-4-18(5-3-1)23(19-9-14-25-15-10-19)11-6-20-21(16-23)26-27-22(20)17-7-12-24-13-8-17/h1-14,16H,15H2,(H,26,27);2*1-15H,16H2,(H,26,27). The second-order valence-corrected chi connectivity index (χ2v) is 20.3. The van der Waals surface area contributed by atoms with Crippen molar-refractivity contribution in [3.05, 3.63) is 323 Å². The minimum atomic E-state index is -0.245. The lowest BCUT2D eigenvalue weighted by Gasteiger charge is -2.34. The van der Waals surface area contributed by atoms with Crippen molar-refractivity contribution < 1.29 is 0 Å². The van der Waals surface area contributed by atoms with Crippen molar-refractivity contribution in [3.8, 4) is 33.9 Å². The van der Waals surface area contributed by atoms with E-state index in [0.717, 1.165) is 86.9 Å². The third kappa shape index (κ3) is 9.58. The van der Waals surface area contributed by atoms with Gasteiger partial charge in [-0.25, -0.2) is 0 Å². The molecule has 0 fully saturated rings. The second-order valence-electron chi connectivity index (χ2n) is 20.3. The SMILES string of the molecule is C1=CC(c2ccccc2)(c2ccncc2)Cc2[nH]nc(-c3ccccn3)c21.C1=CC(c2ccccc2)(c2ccncc2)Cc2[nH]nc(-c3cccnc3)c21.C1=CC(c2ccccc2)(c2ccncc2)Cc2[nH]nc(-c3ccncc3)c21. The van der Waals surface area contributed by atoms with Crippen LogP contribution >= 0.6 is 0 Å². The summed E-state index contributed by atoms with van der Waals surface area (Å²) in [5.41, 5.74) is 19.4. The zero-order valence-electron chi connectivity index (χ0n) is 44.1. The highest BCUT2D eigenvalue weighted by molar-refractivity contribution is 5.78. The molecule has 15 rings (SSSR count). The van der Waals surface area contributed by atoms with Gasteiger partial charge in [0.25, 0.3) is 0 Å². The summed E-state index contributed by atoms with van der Waals surface area (Å²) in [5.74, 6) is 0. The fraction of sp³-hybridized carbons (Fsp3) is 0.0870. The van der Waals surface area contributed by atoms with Gasteiger partial charge in [-0.15, -0.1) is 0 Å². The maximum absolute atomic E-state index is 4.60. The molecular weight excluding hydrogens is 997 g/mol. The van der Waals surface area contributed by atoms with Crippen LogP contribution in [0, 0.1) is 0 Å². The predicted octanol–water partition coefficient (Wildman–Crippen LogP) is 13.3. The van der Waals surface area contributed by atoms with Gasteiger partial charge in [-0.3, -0.25) is 45.2 Å². The van der Waals surface area contributed by atoms with E-state index in [1.165, 1.54) is 33.4 Å². The van der Waals surface area contributed by atoms with Crippen molar-refractivity contribution in [1.29, 1.82) is 0 Å². The van der Waals surface area contributed by atoms with Crippen molar-refractivity contribution in [2.45, 2.75) is 35.5 Å². The molecule has 0 amide bonds. The Hall–Kier alpha value is -10.6. The molecule has 0 saturated heterocycles. The lowest BCUT2D eigenvalue weighted by Crippen LogP contribution is -2.30. The zero-order valence-corrected chi connectivity index (χ0v) is 44.1. The molecule has 0 radical (unpaired) electrons.